The highest BCUT2D eigenvalue weighted by molar-refractivity contribution is 5.94. The zero-order valence-corrected chi connectivity index (χ0v) is 11.3. The standard InChI is InChI=1S/C15H16F3NO2/c16-15(17,18)12-3-1-2-11(8-12)14(21)19-13-6-4-10(9-20)5-7-13/h1-3,8-10,13H,4-7H2,(H,19,21)/t10-,13-. The lowest BCUT2D eigenvalue weighted by molar-refractivity contribution is -0.137. The monoisotopic (exact) mass is 299 g/mol. The van der Waals surface area contributed by atoms with Gasteiger partial charge in [-0.05, 0) is 43.9 Å². The van der Waals surface area contributed by atoms with E-state index in [1.54, 1.807) is 0 Å². The van der Waals surface area contributed by atoms with Crippen LogP contribution >= 0.6 is 0 Å². The summed E-state index contributed by atoms with van der Waals surface area (Å²) in [6.07, 6.45) is -0.778. The van der Waals surface area contributed by atoms with Gasteiger partial charge in [0.1, 0.15) is 6.29 Å². The highest BCUT2D eigenvalue weighted by atomic mass is 19.4. The molecular formula is C15H16F3NO2. The topological polar surface area (TPSA) is 46.2 Å². The fourth-order valence-corrected chi connectivity index (χ4v) is 2.51. The van der Waals surface area contributed by atoms with E-state index < -0.39 is 17.6 Å². The third-order valence-corrected chi connectivity index (χ3v) is 3.75. The molecule has 0 saturated heterocycles. The molecule has 0 aliphatic heterocycles. The molecule has 1 aliphatic rings. The lowest BCUT2D eigenvalue weighted by Gasteiger charge is -2.26. The van der Waals surface area contributed by atoms with Crippen molar-refractivity contribution in [2.45, 2.75) is 37.9 Å². The summed E-state index contributed by atoms with van der Waals surface area (Å²) < 4.78 is 37.8. The van der Waals surface area contributed by atoms with Crippen LogP contribution in [-0.4, -0.2) is 18.2 Å². The molecule has 1 fully saturated rings. The summed E-state index contributed by atoms with van der Waals surface area (Å²) in [4.78, 5) is 22.6. The molecule has 1 N–H and O–H groups in total. The van der Waals surface area contributed by atoms with E-state index in [4.69, 9.17) is 0 Å². The van der Waals surface area contributed by atoms with Gasteiger partial charge in [-0.25, -0.2) is 0 Å². The van der Waals surface area contributed by atoms with Gasteiger partial charge in [-0.3, -0.25) is 4.79 Å². The highest BCUT2D eigenvalue weighted by Crippen LogP contribution is 2.29. The molecule has 0 bridgehead atoms. The Morgan fingerprint density at radius 2 is 1.86 bits per heavy atom. The second kappa shape index (κ2) is 6.28. The van der Waals surface area contributed by atoms with Gasteiger partial charge in [0, 0.05) is 17.5 Å². The zero-order chi connectivity index (χ0) is 15.5. The maximum atomic E-state index is 12.6. The third-order valence-electron chi connectivity index (χ3n) is 3.75. The number of aldehydes is 1. The van der Waals surface area contributed by atoms with E-state index in [0.717, 1.165) is 18.4 Å². The lowest BCUT2D eigenvalue weighted by atomic mass is 9.87. The number of rotatable bonds is 3. The van der Waals surface area contributed by atoms with E-state index in [9.17, 15) is 22.8 Å². The Kier molecular flexibility index (Phi) is 4.65. The van der Waals surface area contributed by atoms with Crippen LogP contribution in [0.5, 0.6) is 0 Å². The molecule has 0 spiro atoms. The second-order valence-corrected chi connectivity index (χ2v) is 5.30. The first-order valence-corrected chi connectivity index (χ1v) is 6.83. The van der Waals surface area contributed by atoms with Gasteiger partial charge in [-0.15, -0.1) is 0 Å². The molecule has 1 saturated carbocycles. The van der Waals surface area contributed by atoms with Gasteiger partial charge in [-0.2, -0.15) is 13.2 Å². The van der Waals surface area contributed by atoms with Gasteiger partial charge in [0.25, 0.3) is 5.91 Å². The molecule has 0 unspecified atom stereocenters. The minimum Gasteiger partial charge on any atom is -0.349 e. The minimum absolute atomic E-state index is 0.00216. The number of hydrogen-bond acceptors (Lipinski definition) is 2. The average Bonchev–Trinajstić information content (AvgIpc) is 2.47. The van der Waals surface area contributed by atoms with Crippen LogP contribution in [0.1, 0.15) is 41.6 Å². The molecule has 0 heterocycles. The Morgan fingerprint density at radius 3 is 2.43 bits per heavy atom. The van der Waals surface area contributed by atoms with Crippen LogP contribution in [0.25, 0.3) is 0 Å². The van der Waals surface area contributed by atoms with E-state index in [-0.39, 0.29) is 17.5 Å². The SMILES string of the molecule is O=C[C@H]1CC[C@H](NC(=O)c2cccc(C(F)(F)F)c2)CC1. The van der Waals surface area contributed by atoms with Gasteiger partial charge < -0.3 is 10.1 Å². The number of amides is 1. The van der Waals surface area contributed by atoms with Crippen molar-refractivity contribution in [1.82, 2.24) is 5.32 Å². The lowest BCUT2D eigenvalue weighted by Crippen LogP contribution is -2.37. The number of benzene rings is 1. The Labute approximate surface area is 120 Å². The van der Waals surface area contributed by atoms with Crippen LogP contribution in [-0.2, 0) is 11.0 Å². The molecule has 1 aliphatic carbocycles. The normalized spacial score (nSPS) is 22.6. The first-order chi connectivity index (χ1) is 9.90. The summed E-state index contributed by atoms with van der Waals surface area (Å²) in [5.74, 6) is -0.470. The van der Waals surface area contributed by atoms with Crippen molar-refractivity contribution in [2.24, 2.45) is 5.92 Å². The van der Waals surface area contributed by atoms with E-state index in [1.165, 1.54) is 12.1 Å². The Hall–Kier alpha value is -1.85. The van der Waals surface area contributed by atoms with Crippen molar-refractivity contribution < 1.29 is 22.8 Å². The predicted molar refractivity (Wildman–Crippen MR) is 70.7 cm³/mol. The summed E-state index contributed by atoms with van der Waals surface area (Å²) in [5.41, 5.74) is -0.831. The second-order valence-electron chi connectivity index (χ2n) is 5.30. The summed E-state index contributed by atoms with van der Waals surface area (Å²) in [6, 6.07) is 4.30. The third kappa shape index (κ3) is 4.06. The van der Waals surface area contributed by atoms with Gasteiger partial charge in [0.2, 0.25) is 0 Å². The maximum absolute atomic E-state index is 12.6. The first-order valence-electron chi connectivity index (χ1n) is 6.83. The Balaban J connectivity index is 1.99. The zero-order valence-electron chi connectivity index (χ0n) is 11.3. The van der Waals surface area contributed by atoms with Crippen molar-refractivity contribution in [1.29, 1.82) is 0 Å². The number of hydrogen-bond donors (Lipinski definition) is 1. The highest BCUT2D eigenvalue weighted by Gasteiger charge is 2.31. The number of carbonyl (C=O) groups excluding carboxylic acids is 2. The molecule has 1 amide bonds. The van der Waals surface area contributed by atoms with Gasteiger partial charge in [0.05, 0.1) is 5.56 Å². The quantitative estimate of drug-likeness (QED) is 0.871. The molecule has 114 valence electrons. The van der Waals surface area contributed by atoms with E-state index in [2.05, 4.69) is 5.32 Å². The number of nitrogens with one attached hydrogen (secondary N) is 1. The van der Waals surface area contributed by atoms with Gasteiger partial charge in [-0.1, -0.05) is 6.07 Å². The summed E-state index contributed by atoms with van der Waals surface area (Å²) in [5, 5.41) is 2.74. The Bertz CT molecular complexity index is 520. The maximum Gasteiger partial charge on any atom is 0.416 e. The van der Waals surface area contributed by atoms with E-state index in [0.29, 0.717) is 25.7 Å². The van der Waals surface area contributed by atoms with Gasteiger partial charge in [0.15, 0.2) is 0 Å². The van der Waals surface area contributed by atoms with E-state index >= 15 is 0 Å². The summed E-state index contributed by atoms with van der Waals surface area (Å²) in [7, 11) is 0. The molecule has 2 rings (SSSR count). The molecule has 3 nitrogen and oxygen atoms in total. The van der Waals surface area contributed by atoms with Crippen LogP contribution < -0.4 is 5.32 Å². The number of alkyl halides is 3. The van der Waals surface area contributed by atoms with Crippen molar-refractivity contribution in [3.05, 3.63) is 35.4 Å². The largest absolute Gasteiger partial charge is 0.416 e. The molecule has 0 atom stereocenters. The predicted octanol–water partition coefficient (Wildman–Crippen LogP) is 3.19. The van der Waals surface area contributed by atoms with E-state index in [1.807, 2.05) is 0 Å². The average molecular weight is 299 g/mol. The van der Waals surface area contributed by atoms with Crippen molar-refractivity contribution in [2.75, 3.05) is 0 Å². The van der Waals surface area contributed by atoms with Crippen LogP contribution in [0.4, 0.5) is 13.2 Å². The van der Waals surface area contributed by atoms with Crippen LogP contribution in [0.15, 0.2) is 24.3 Å². The van der Waals surface area contributed by atoms with Crippen molar-refractivity contribution >= 4 is 12.2 Å². The Morgan fingerprint density at radius 1 is 1.19 bits per heavy atom. The fourth-order valence-electron chi connectivity index (χ4n) is 2.51. The molecule has 6 heteroatoms. The van der Waals surface area contributed by atoms with Crippen LogP contribution in [0, 0.1) is 5.92 Å². The number of carbonyl (C=O) groups is 2. The number of halogens is 3. The van der Waals surface area contributed by atoms with Crippen molar-refractivity contribution in [3.8, 4) is 0 Å². The van der Waals surface area contributed by atoms with Crippen LogP contribution in [0.3, 0.4) is 0 Å². The molecule has 1 aromatic rings. The molecule has 0 aromatic heterocycles. The molecule has 1 aromatic carbocycles. The van der Waals surface area contributed by atoms with Crippen LogP contribution in [0.2, 0.25) is 0 Å². The van der Waals surface area contributed by atoms with Crippen molar-refractivity contribution in [3.63, 3.8) is 0 Å². The molecular weight excluding hydrogens is 283 g/mol. The minimum atomic E-state index is -4.46. The molecule has 0 radical (unpaired) electrons. The smallest absolute Gasteiger partial charge is 0.349 e. The summed E-state index contributed by atoms with van der Waals surface area (Å²) in [6.45, 7) is 0. The molecule has 21 heavy (non-hydrogen) atoms. The first kappa shape index (κ1) is 15.5. The fraction of sp³-hybridized carbons (Fsp3) is 0.467. The summed E-state index contributed by atoms with van der Waals surface area (Å²) >= 11 is 0. The van der Waals surface area contributed by atoms with Gasteiger partial charge >= 0.3 is 6.18 Å².